The molecular weight excluding hydrogens is 178 g/mol. The van der Waals surface area contributed by atoms with Crippen molar-refractivity contribution >= 4 is 11.8 Å². The Morgan fingerprint density at radius 3 is 2.31 bits per heavy atom. The SMILES string of the molecule is Cc1ccc(SC#CN(C)C)cc1. The Labute approximate surface area is 84.1 Å². The van der Waals surface area contributed by atoms with Crippen molar-refractivity contribution in [3.8, 4) is 11.3 Å². The lowest BCUT2D eigenvalue weighted by atomic mass is 10.2. The van der Waals surface area contributed by atoms with Crippen molar-refractivity contribution in [2.45, 2.75) is 11.8 Å². The van der Waals surface area contributed by atoms with Crippen molar-refractivity contribution in [1.82, 2.24) is 4.90 Å². The van der Waals surface area contributed by atoms with E-state index in [1.165, 1.54) is 10.5 Å². The van der Waals surface area contributed by atoms with Crippen LogP contribution in [0.1, 0.15) is 5.56 Å². The van der Waals surface area contributed by atoms with Gasteiger partial charge in [0.15, 0.2) is 0 Å². The first-order valence-corrected chi connectivity index (χ1v) is 4.91. The number of hydrogen-bond donors (Lipinski definition) is 0. The van der Waals surface area contributed by atoms with E-state index in [0.717, 1.165) is 0 Å². The lowest BCUT2D eigenvalue weighted by Crippen LogP contribution is -2.00. The molecule has 1 aromatic rings. The van der Waals surface area contributed by atoms with E-state index in [0.29, 0.717) is 0 Å². The summed E-state index contributed by atoms with van der Waals surface area (Å²) in [5.74, 6) is 0. The molecule has 0 saturated carbocycles. The highest BCUT2D eigenvalue weighted by Crippen LogP contribution is 2.16. The topological polar surface area (TPSA) is 3.24 Å². The highest BCUT2D eigenvalue weighted by Gasteiger charge is 1.88. The number of aryl methyl sites for hydroxylation is 1. The zero-order chi connectivity index (χ0) is 9.68. The van der Waals surface area contributed by atoms with Crippen LogP contribution < -0.4 is 0 Å². The van der Waals surface area contributed by atoms with Crippen LogP contribution in [0.15, 0.2) is 29.2 Å². The highest BCUT2D eigenvalue weighted by molar-refractivity contribution is 8.03. The summed E-state index contributed by atoms with van der Waals surface area (Å²) in [5, 5.41) is 3.01. The Balaban J connectivity index is 2.57. The number of hydrogen-bond acceptors (Lipinski definition) is 2. The minimum Gasteiger partial charge on any atom is -0.338 e. The molecule has 0 atom stereocenters. The monoisotopic (exact) mass is 191 g/mol. The van der Waals surface area contributed by atoms with Gasteiger partial charge in [-0.05, 0) is 36.1 Å². The molecule has 0 aliphatic rings. The Bertz CT molecular complexity index is 316. The first kappa shape index (κ1) is 10.0. The summed E-state index contributed by atoms with van der Waals surface area (Å²) in [5.41, 5.74) is 1.28. The van der Waals surface area contributed by atoms with Gasteiger partial charge in [-0.1, -0.05) is 17.7 Å². The van der Waals surface area contributed by atoms with Gasteiger partial charge in [-0.15, -0.1) is 0 Å². The Hall–Kier alpha value is -1.07. The third-order valence-electron chi connectivity index (χ3n) is 1.46. The predicted octanol–water partition coefficient (Wildman–Crippen LogP) is 2.57. The van der Waals surface area contributed by atoms with Crippen LogP contribution >= 0.6 is 11.8 Å². The standard InChI is InChI=1S/C11H13NS/c1-10-4-6-11(7-5-10)13-9-8-12(2)3/h4-7H,1-3H3. The van der Waals surface area contributed by atoms with Gasteiger partial charge in [0.2, 0.25) is 0 Å². The molecule has 0 bridgehead atoms. The molecule has 0 unspecified atom stereocenters. The number of nitrogens with zero attached hydrogens (tertiary/aromatic N) is 1. The molecular formula is C11H13NS. The summed E-state index contributed by atoms with van der Waals surface area (Å²) in [7, 11) is 3.87. The van der Waals surface area contributed by atoms with Crippen LogP contribution in [0.4, 0.5) is 0 Å². The third-order valence-corrected chi connectivity index (χ3v) is 2.16. The molecule has 0 spiro atoms. The summed E-state index contributed by atoms with van der Waals surface area (Å²) in [6.45, 7) is 2.08. The van der Waals surface area contributed by atoms with Crippen molar-refractivity contribution < 1.29 is 0 Å². The fourth-order valence-corrected chi connectivity index (χ4v) is 1.40. The lowest BCUT2D eigenvalue weighted by Gasteiger charge is -1.97. The maximum atomic E-state index is 3.01. The maximum absolute atomic E-state index is 3.01. The number of thioether (sulfide) groups is 1. The Morgan fingerprint density at radius 2 is 1.77 bits per heavy atom. The van der Waals surface area contributed by atoms with Gasteiger partial charge in [0.05, 0.1) is 0 Å². The fourth-order valence-electron chi connectivity index (χ4n) is 0.779. The third kappa shape index (κ3) is 3.91. The average Bonchev–Trinajstić information content (AvgIpc) is 2.08. The molecule has 68 valence electrons. The fraction of sp³-hybridized carbons (Fsp3) is 0.273. The minimum absolute atomic E-state index is 1.19. The van der Waals surface area contributed by atoms with E-state index in [2.05, 4.69) is 42.5 Å². The van der Waals surface area contributed by atoms with Gasteiger partial charge in [-0.2, -0.15) is 0 Å². The first-order chi connectivity index (χ1) is 6.18. The lowest BCUT2D eigenvalue weighted by molar-refractivity contribution is 0.598. The van der Waals surface area contributed by atoms with Gasteiger partial charge in [-0.25, -0.2) is 0 Å². The second kappa shape index (κ2) is 4.84. The molecule has 0 aliphatic heterocycles. The van der Waals surface area contributed by atoms with E-state index in [-0.39, 0.29) is 0 Å². The van der Waals surface area contributed by atoms with Gasteiger partial charge in [0.1, 0.15) is 0 Å². The van der Waals surface area contributed by atoms with Gasteiger partial charge < -0.3 is 4.90 Å². The van der Waals surface area contributed by atoms with Crippen LogP contribution in [0, 0.1) is 18.2 Å². The van der Waals surface area contributed by atoms with E-state index < -0.39 is 0 Å². The summed E-state index contributed by atoms with van der Waals surface area (Å²) in [6.07, 6.45) is 0. The Morgan fingerprint density at radius 1 is 1.15 bits per heavy atom. The minimum atomic E-state index is 1.19. The number of rotatable bonds is 1. The summed E-state index contributed by atoms with van der Waals surface area (Å²) in [4.78, 5) is 3.04. The molecule has 0 amide bonds. The van der Waals surface area contributed by atoms with Crippen LogP contribution in [0.25, 0.3) is 0 Å². The summed E-state index contributed by atoms with van der Waals surface area (Å²) < 4.78 is 0. The van der Waals surface area contributed by atoms with Crippen LogP contribution in [-0.2, 0) is 0 Å². The first-order valence-electron chi connectivity index (χ1n) is 4.10. The molecule has 0 N–H and O–H groups in total. The van der Waals surface area contributed by atoms with Crippen molar-refractivity contribution in [2.75, 3.05) is 14.1 Å². The Kier molecular flexibility index (Phi) is 3.72. The van der Waals surface area contributed by atoms with Crippen LogP contribution in [0.3, 0.4) is 0 Å². The molecule has 2 heteroatoms. The quantitative estimate of drug-likeness (QED) is 0.381. The van der Waals surface area contributed by atoms with Crippen LogP contribution in [0.2, 0.25) is 0 Å². The van der Waals surface area contributed by atoms with E-state index in [9.17, 15) is 0 Å². The molecule has 0 heterocycles. The van der Waals surface area contributed by atoms with E-state index in [1.54, 1.807) is 11.8 Å². The van der Waals surface area contributed by atoms with E-state index >= 15 is 0 Å². The average molecular weight is 191 g/mol. The van der Waals surface area contributed by atoms with Gasteiger partial charge in [-0.3, -0.25) is 0 Å². The molecule has 13 heavy (non-hydrogen) atoms. The molecule has 0 aromatic heterocycles. The molecule has 0 saturated heterocycles. The normalized spacial score (nSPS) is 8.85. The molecule has 0 aliphatic carbocycles. The van der Waals surface area contributed by atoms with Crippen molar-refractivity contribution in [1.29, 1.82) is 0 Å². The molecule has 1 nitrogen and oxygen atoms in total. The van der Waals surface area contributed by atoms with Crippen LogP contribution in [0.5, 0.6) is 0 Å². The number of benzene rings is 1. The molecule has 1 aromatic carbocycles. The molecule has 0 fully saturated rings. The van der Waals surface area contributed by atoms with E-state index in [1.807, 2.05) is 19.0 Å². The van der Waals surface area contributed by atoms with Crippen molar-refractivity contribution in [3.05, 3.63) is 29.8 Å². The smallest absolute Gasteiger partial charge is 0.0204 e. The largest absolute Gasteiger partial charge is 0.338 e. The summed E-state index contributed by atoms with van der Waals surface area (Å²) >= 11 is 1.55. The van der Waals surface area contributed by atoms with Gasteiger partial charge in [0, 0.05) is 25.0 Å². The van der Waals surface area contributed by atoms with Crippen molar-refractivity contribution in [3.63, 3.8) is 0 Å². The second-order valence-corrected chi connectivity index (χ2v) is 3.90. The van der Waals surface area contributed by atoms with E-state index in [4.69, 9.17) is 0 Å². The zero-order valence-electron chi connectivity index (χ0n) is 8.16. The molecule has 0 radical (unpaired) electrons. The van der Waals surface area contributed by atoms with Gasteiger partial charge in [0.25, 0.3) is 0 Å². The zero-order valence-corrected chi connectivity index (χ0v) is 8.98. The molecule has 1 rings (SSSR count). The van der Waals surface area contributed by atoms with Crippen molar-refractivity contribution in [2.24, 2.45) is 0 Å². The second-order valence-electron chi connectivity index (χ2n) is 3.02. The van der Waals surface area contributed by atoms with Crippen LogP contribution in [-0.4, -0.2) is 19.0 Å². The maximum Gasteiger partial charge on any atom is 0.0204 e. The predicted molar refractivity (Wildman–Crippen MR) is 58.5 cm³/mol. The highest BCUT2D eigenvalue weighted by atomic mass is 32.2. The van der Waals surface area contributed by atoms with Gasteiger partial charge >= 0.3 is 0 Å². The summed E-state index contributed by atoms with van der Waals surface area (Å²) in [6, 6.07) is 11.3.